The van der Waals surface area contributed by atoms with Gasteiger partial charge < -0.3 is 20.3 Å². The lowest BCUT2D eigenvalue weighted by atomic mass is 10.1. The normalized spacial score (nSPS) is 19.7. The first-order valence-electron chi connectivity index (χ1n) is 12.0. The molecule has 0 aliphatic carbocycles. The quantitative estimate of drug-likeness (QED) is 0.502. The van der Waals surface area contributed by atoms with Crippen molar-refractivity contribution in [3.05, 3.63) is 42.7 Å². The minimum absolute atomic E-state index is 0.0768. The average Bonchev–Trinajstić information content (AvgIpc) is 2.92. The second-order valence-electron chi connectivity index (χ2n) is 8.69. The van der Waals surface area contributed by atoms with Crippen molar-refractivity contribution in [3.8, 4) is 11.3 Å². The van der Waals surface area contributed by atoms with Gasteiger partial charge in [0.1, 0.15) is 5.52 Å². The Balaban J connectivity index is 1.33. The maximum absolute atomic E-state index is 12.1. The number of aromatic nitrogens is 3. The van der Waals surface area contributed by atoms with Gasteiger partial charge in [-0.1, -0.05) is 12.1 Å². The summed E-state index contributed by atoms with van der Waals surface area (Å²) in [6, 6.07) is 10.2. The minimum atomic E-state index is -3.13. The fraction of sp³-hybridized carbons (Fsp3) is 0.458. The van der Waals surface area contributed by atoms with Gasteiger partial charge in [0.25, 0.3) is 0 Å². The smallest absolute Gasteiger partial charge is 0.213 e. The summed E-state index contributed by atoms with van der Waals surface area (Å²) in [5.74, 6) is 0.837. The lowest BCUT2D eigenvalue weighted by Gasteiger charge is -2.35. The number of nitrogens with zero attached hydrogens (tertiary/aromatic N) is 5. The van der Waals surface area contributed by atoms with E-state index in [1.54, 1.807) is 23.6 Å². The predicted molar refractivity (Wildman–Crippen MR) is 137 cm³/mol. The Hall–Kier alpha value is -2.86. The first-order chi connectivity index (χ1) is 17.0. The number of hydrogen-bond acceptors (Lipinski definition) is 9. The third kappa shape index (κ3) is 5.37. The van der Waals surface area contributed by atoms with Crippen LogP contribution in [-0.2, 0) is 14.8 Å². The fourth-order valence-corrected chi connectivity index (χ4v) is 5.54. The van der Waals surface area contributed by atoms with Crippen LogP contribution < -0.4 is 15.5 Å². The van der Waals surface area contributed by atoms with Gasteiger partial charge in [0.05, 0.1) is 29.7 Å². The van der Waals surface area contributed by atoms with Crippen LogP contribution in [0.5, 0.6) is 0 Å². The number of fused-ring (bicyclic) bond motifs is 1. The Kier molecular flexibility index (Phi) is 7.09. The lowest BCUT2D eigenvalue weighted by Crippen LogP contribution is -2.49. The van der Waals surface area contributed by atoms with Gasteiger partial charge >= 0.3 is 0 Å². The third-order valence-corrected chi connectivity index (χ3v) is 8.36. The van der Waals surface area contributed by atoms with Gasteiger partial charge in [-0.2, -0.15) is 4.31 Å². The van der Waals surface area contributed by atoms with E-state index in [0.29, 0.717) is 45.1 Å². The average molecular weight is 498 g/mol. The molecule has 0 saturated carbocycles. The zero-order chi connectivity index (χ0) is 24.3. The van der Waals surface area contributed by atoms with E-state index in [0.717, 1.165) is 41.1 Å². The van der Waals surface area contributed by atoms with Crippen molar-refractivity contribution in [3.63, 3.8) is 0 Å². The van der Waals surface area contributed by atoms with Crippen molar-refractivity contribution in [1.29, 1.82) is 0 Å². The van der Waals surface area contributed by atoms with Crippen LogP contribution in [0.15, 0.2) is 42.7 Å². The third-order valence-electron chi connectivity index (χ3n) is 6.48. The molecule has 2 saturated heterocycles. The molecule has 10 nitrogen and oxygen atoms in total. The molecule has 0 amide bonds. The maximum Gasteiger partial charge on any atom is 0.213 e. The van der Waals surface area contributed by atoms with E-state index in [9.17, 15) is 8.42 Å². The molecule has 2 aromatic heterocycles. The van der Waals surface area contributed by atoms with Crippen LogP contribution in [0.25, 0.3) is 22.3 Å². The number of nitrogens with one attached hydrogen (secondary N) is 2. The summed E-state index contributed by atoms with van der Waals surface area (Å²) in [5.41, 5.74) is 4.38. The molecule has 2 aliphatic rings. The van der Waals surface area contributed by atoms with Gasteiger partial charge in [-0.15, -0.1) is 0 Å². The number of hydrogen-bond donors (Lipinski definition) is 2. The van der Waals surface area contributed by atoms with Crippen LogP contribution in [0.1, 0.15) is 6.92 Å². The van der Waals surface area contributed by atoms with Crippen molar-refractivity contribution in [2.24, 2.45) is 0 Å². The largest absolute Gasteiger partial charge is 0.374 e. The van der Waals surface area contributed by atoms with Crippen molar-refractivity contribution in [2.75, 3.05) is 68.4 Å². The first-order valence-corrected chi connectivity index (χ1v) is 13.7. The zero-order valence-electron chi connectivity index (χ0n) is 19.9. The SMILES string of the molecule is CCS(=O)(=O)N1CCN(c2ccc(-c3cc4nccnc4c(NC[C@@H]4CNCCO4)n3)cc2)CC1. The van der Waals surface area contributed by atoms with E-state index in [1.807, 2.05) is 18.2 Å². The fourth-order valence-electron chi connectivity index (χ4n) is 4.45. The van der Waals surface area contributed by atoms with Crippen molar-refractivity contribution >= 4 is 32.6 Å². The number of benzene rings is 1. The molecule has 2 N–H and O–H groups in total. The van der Waals surface area contributed by atoms with E-state index < -0.39 is 10.0 Å². The van der Waals surface area contributed by atoms with Gasteiger partial charge in [0.2, 0.25) is 10.0 Å². The number of sulfonamides is 1. The van der Waals surface area contributed by atoms with Crippen molar-refractivity contribution < 1.29 is 13.2 Å². The topological polar surface area (TPSA) is 113 Å². The van der Waals surface area contributed by atoms with Crippen molar-refractivity contribution in [1.82, 2.24) is 24.6 Å². The second-order valence-corrected chi connectivity index (χ2v) is 10.9. The zero-order valence-corrected chi connectivity index (χ0v) is 20.7. The number of ether oxygens (including phenoxy) is 1. The Labute approximate surface area is 205 Å². The molecule has 5 rings (SSSR count). The van der Waals surface area contributed by atoms with Gasteiger partial charge in [-0.3, -0.25) is 4.98 Å². The molecule has 0 radical (unpaired) electrons. The highest BCUT2D eigenvalue weighted by Gasteiger charge is 2.25. The van der Waals surface area contributed by atoms with Gasteiger partial charge in [0.15, 0.2) is 5.82 Å². The van der Waals surface area contributed by atoms with E-state index in [4.69, 9.17) is 9.72 Å². The molecular weight excluding hydrogens is 466 g/mol. The number of pyridine rings is 1. The van der Waals surface area contributed by atoms with Crippen LogP contribution in [0, 0.1) is 0 Å². The van der Waals surface area contributed by atoms with E-state index in [1.165, 1.54) is 0 Å². The lowest BCUT2D eigenvalue weighted by molar-refractivity contribution is 0.0372. The van der Waals surface area contributed by atoms with Crippen LogP contribution in [-0.4, -0.2) is 92.0 Å². The summed E-state index contributed by atoms with van der Waals surface area (Å²) >= 11 is 0. The molecule has 1 aromatic carbocycles. The highest BCUT2D eigenvalue weighted by molar-refractivity contribution is 7.89. The number of piperazine rings is 1. The summed E-state index contributed by atoms with van der Waals surface area (Å²) < 4.78 is 31.6. The monoisotopic (exact) mass is 497 g/mol. The standard InChI is InChI=1S/C24H31N7O3S/c1-2-35(32,33)31-12-10-30(11-13-31)19-5-3-18(4-6-19)21-15-22-23(27-8-7-26-22)24(29-21)28-17-20-16-25-9-14-34-20/h3-8,15,20,25H,2,9-14,16-17H2,1H3,(H,28,29)/t20-/m0/s1. The summed E-state index contributed by atoms with van der Waals surface area (Å²) in [6.45, 7) is 7.08. The molecule has 0 unspecified atom stereocenters. The molecule has 0 bridgehead atoms. The van der Waals surface area contributed by atoms with Crippen molar-refractivity contribution in [2.45, 2.75) is 13.0 Å². The molecule has 4 heterocycles. The molecular formula is C24H31N7O3S. The number of morpholine rings is 1. The molecule has 0 spiro atoms. The Morgan fingerprint density at radius 1 is 1.11 bits per heavy atom. The van der Waals surface area contributed by atoms with Crippen LogP contribution in [0.4, 0.5) is 11.5 Å². The Bertz CT molecular complexity index is 1260. The van der Waals surface area contributed by atoms with Crippen LogP contribution >= 0.6 is 0 Å². The number of anilines is 2. The summed E-state index contributed by atoms with van der Waals surface area (Å²) in [5, 5.41) is 6.75. The minimum Gasteiger partial charge on any atom is -0.374 e. The predicted octanol–water partition coefficient (Wildman–Crippen LogP) is 1.56. The van der Waals surface area contributed by atoms with Gasteiger partial charge in [-0.05, 0) is 25.1 Å². The van der Waals surface area contributed by atoms with Gasteiger partial charge in [-0.25, -0.2) is 18.4 Å². The van der Waals surface area contributed by atoms with Crippen LogP contribution in [0.2, 0.25) is 0 Å². The highest BCUT2D eigenvalue weighted by atomic mass is 32.2. The van der Waals surface area contributed by atoms with Gasteiger partial charge in [0, 0.05) is 69.5 Å². The first kappa shape index (κ1) is 23.9. The molecule has 3 aromatic rings. The second kappa shape index (κ2) is 10.4. The molecule has 2 aliphatic heterocycles. The van der Waals surface area contributed by atoms with E-state index in [2.05, 4.69) is 37.6 Å². The molecule has 2 fully saturated rings. The van der Waals surface area contributed by atoms with E-state index in [-0.39, 0.29) is 11.9 Å². The maximum atomic E-state index is 12.1. The Morgan fingerprint density at radius 2 is 1.89 bits per heavy atom. The summed E-state index contributed by atoms with van der Waals surface area (Å²) in [7, 11) is -3.13. The molecule has 186 valence electrons. The molecule has 1 atom stereocenters. The summed E-state index contributed by atoms with van der Waals surface area (Å²) in [4.78, 5) is 16.1. The number of rotatable bonds is 7. The molecule has 35 heavy (non-hydrogen) atoms. The van der Waals surface area contributed by atoms with Crippen LogP contribution in [0.3, 0.4) is 0 Å². The summed E-state index contributed by atoms with van der Waals surface area (Å²) in [6.07, 6.45) is 3.44. The Morgan fingerprint density at radius 3 is 2.60 bits per heavy atom. The van der Waals surface area contributed by atoms with E-state index >= 15 is 0 Å². The molecule has 11 heteroatoms. The highest BCUT2D eigenvalue weighted by Crippen LogP contribution is 2.28.